The van der Waals surface area contributed by atoms with Crippen molar-refractivity contribution >= 4 is 23.1 Å². The van der Waals surface area contributed by atoms with Crippen molar-refractivity contribution in [1.82, 2.24) is 9.88 Å². The summed E-state index contributed by atoms with van der Waals surface area (Å²) < 4.78 is 14.2. The number of aliphatic hydroxyl groups excluding tert-OH is 1. The van der Waals surface area contributed by atoms with Gasteiger partial charge in [-0.3, -0.25) is 14.6 Å². The average molecular weight is 445 g/mol. The predicted octanol–water partition coefficient (Wildman–Crippen LogP) is 4.22. The number of carbonyl (C=O) groups excluding carboxylic acids is 2. The molecule has 1 N–H and O–H groups in total. The lowest BCUT2D eigenvalue weighted by molar-refractivity contribution is -0.140. The van der Waals surface area contributed by atoms with Gasteiger partial charge in [0.25, 0.3) is 11.7 Å². The van der Waals surface area contributed by atoms with Crippen molar-refractivity contribution in [2.75, 3.05) is 19.0 Å². The van der Waals surface area contributed by atoms with Gasteiger partial charge in [0.05, 0.1) is 11.6 Å². The number of nitrogens with zero attached hydrogens (tertiary/aromatic N) is 3. The summed E-state index contributed by atoms with van der Waals surface area (Å²) in [7, 11) is 3.83. The molecule has 7 heteroatoms. The number of likely N-dealkylation sites (tertiary alicyclic amines) is 1. The highest BCUT2D eigenvalue weighted by atomic mass is 19.1. The van der Waals surface area contributed by atoms with Crippen LogP contribution in [-0.4, -0.2) is 40.8 Å². The fourth-order valence-corrected chi connectivity index (χ4v) is 3.92. The molecule has 1 unspecified atom stereocenters. The van der Waals surface area contributed by atoms with Crippen LogP contribution < -0.4 is 4.90 Å². The third-order valence-corrected chi connectivity index (χ3v) is 5.81. The van der Waals surface area contributed by atoms with Crippen LogP contribution in [-0.2, 0) is 16.1 Å². The zero-order chi connectivity index (χ0) is 23.7. The Kier molecular flexibility index (Phi) is 5.96. The van der Waals surface area contributed by atoms with Crippen molar-refractivity contribution in [3.8, 4) is 0 Å². The molecule has 168 valence electrons. The van der Waals surface area contributed by atoms with E-state index < -0.39 is 29.3 Å². The van der Waals surface area contributed by atoms with Gasteiger partial charge < -0.3 is 14.9 Å². The Labute approximate surface area is 191 Å². The van der Waals surface area contributed by atoms with Gasteiger partial charge in [-0.1, -0.05) is 24.3 Å². The average Bonchev–Trinajstić information content (AvgIpc) is 3.06. The van der Waals surface area contributed by atoms with Crippen LogP contribution in [0.2, 0.25) is 0 Å². The highest BCUT2D eigenvalue weighted by molar-refractivity contribution is 6.46. The third kappa shape index (κ3) is 4.22. The lowest BCUT2D eigenvalue weighted by Crippen LogP contribution is -2.29. The molecule has 2 heterocycles. The summed E-state index contributed by atoms with van der Waals surface area (Å²) in [5, 5.41) is 11.1. The van der Waals surface area contributed by atoms with E-state index in [0.717, 1.165) is 11.3 Å². The molecule has 1 fully saturated rings. The first kappa shape index (κ1) is 22.2. The Balaban J connectivity index is 1.86. The van der Waals surface area contributed by atoms with E-state index in [1.165, 1.54) is 23.1 Å². The number of carbonyl (C=O) groups is 2. The molecular formula is C26H24FN3O3. The Bertz CT molecular complexity index is 1240. The van der Waals surface area contributed by atoms with Crippen molar-refractivity contribution in [2.45, 2.75) is 19.5 Å². The summed E-state index contributed by atoms with van der Waals surface area (Å²) in [4.78, 5) is 33.5. The predicted molar refractivity (Wildman–Crippen MR) is 124 cm³/mol. The molecule has 0 bridgehead atoms. The lowest BCUT2D eigenvalue weighted by Gasteiger charge is -2.26. The minimum absolute atomic E-state index is 0.0603. The molecule has 1 atom stereocenters. The second kappa shape index (κ2) is 8.86. The van der Waals surface area contributed by atoms with E-state index in [-0.39, 0.29) is 17.7 Å². The van der Waals surface area contributed by atoms with Gasteiger partial charge in [0, 0.05) is 44.3 Å². The molecule has 1 aliphatic heterocycles. The number of aryl methyl sites for hydroxylation is 1. The van der Waals surface area contributed by atoms with Crippen molar-refractivity contribution in [2.24, 2.45) is 0 Å². The van der Waals surface area contributed by atoms with Gasteiger partial charge in [0.2, 0.25) is 0 Å². The number of benzene rings is 2. The zero-order valence-corrected chi connectivity index (χ0v) is 18.6. The van der Waals surface area contributed by atoms with Crippen LogP contribution in [0.15, 0.2) is 72.6 Å². The van der Waals surface area contributed by atoms with Crippen molar-refractivity contribution in [3.05, 3.63) is 101 Å². The molecule has 1 amide bonds. The van der Waals surface area contributed by atoms with E-state index in [0.29, 0.717) is 11.1 Å². The van der Waals surface area contributed by atoms with E-state index in [2.05, 4.69) is 4.98 Å². The highest BCUT2D eigenvalue weighted by Crippen LogP contribution is 2.40. The largest absolute Gasteiger partial charge is 0.507 e. The maximum Gasteiger partial charge on any atom is 0.295 e. The number of anilines is 1. The maximum absolute atomic E-state index is 14.2. The molecule has 1 aromatic heterocycles. The van der Waals surface area contributed by atoms with Crippen LogP contribution in [0.5, 0.6) is 0 Å². The SMILES string of the molecule is Cc1ccc(/C(O)=C2/C(=O)C(=O)N(Cc3ccncc3)C2c2ccc(N(C)C)cc2)cc1F. The first-order valence-corrected chi connectivity index (χ1v) is 10.5. The number of ketones is 1. The standard InChI is InChI=1S/C26H24FN3O3/c1-16-4-5-19(14-21(16)27)24(31)22-23(18-6-8-20(9-7-18)29(2)3)30(26(33)25(22)32)15-17-10-12-28-13-11-17/h4-14,23,31H,15H2,1-3H3/b24-22-. The van der Waals surface area contributed by atoms with Gasteiger partial charge in [-0.05, 0) is 53.9 Å². The van der Waals surface area contributed by atoms with E-state index in [1.807, 2.05) is 43.3 Å². The number of amides is 1. The van der Waals surface area contributed by atoms with Gasteiger partial charge in [-0.2, -0.15) is 0 Å². The highest BCUT2D eigenvalue weighted by Gasteiger charge is 2.46. The number of rotatable bonds is 5. The Morgan fingerprint density at radius 3 is 2.33 bits per heavy atom. The van der Waals surface area contributed by atoms with E-state index >= 15 is 0 Å². The minimum Gasteiger partial charge on any atom is -0.507 e. The smallest absolute Gasteiger partial charge is 0.295 e. The molecule has 6 nitrogen and oxygen atoms in total. The number of halogens is 1. The number of Topliss-reactive ketones (excluding diaryl/α,β-unsaturated/α-hetero) is 1. The van der Waals surface area contributed by atoms with Gasteiger partial charge >= 0.3 is 0 Å². The third-order valence-electron chi connectivity index (χ3n) is 5.81. The monoisotopic (exact) mass is 445 g/mol. The molecule has 0 spiro atoms. The van der Waals surface area contributed by atoms with Crippen LogP contribution in [0.3, 0.4) is 0 Å². The van der Waals surface area contributed by atoms with Crippen molar-refractivity contribution in [3.63, 3.8) is 0 Å². The molecule has 2 aromatic carbocycles. The first-order chi connectivity index (χ1) is 15.8. The summed E-state index contributed by atoms with van der Waals surface area (Å²) in [5.41, 5.74) is 2.92. The van der Waals surface area contributed by atoms with E-state index in [1.54, 1.807) is 31.5 Å². The van der Waals surface area contributed by atoms with Gasteiger partial charge in [0.15, 0.2) is 0 Å². The molecule has 33 heavy (non-hydrogen) atoms. The van der Waals surface area contributed by atoms with Crippen LogP contribution >= 0.6 is 0 Å². The fourth-order valence-electron chi connectivity index (χ4n) is 3.92. The summed E-state index contributed by atoms with van der Waals surface area (Å²) in [6.07, 6.45) is 3.23. The van der Waals surface area contributed by atoms with E-state index in [9.17, 15) is 19.1 Å². The van der Waals surface area contributed by atoms with Gasteiger partial charge in [-0.15, -0.1) is 0 Å². The Hall–Kier alpha value is -4.00. The molecule has 4 rings (SSSR count). The topological polar surface area (TPSA) is 73.7 Å². The number of pyridine rings is 1. The molecular weight excluding hydrogens is 421 g/mol. The Morgan fingerprint density at radius 2 is 1.73 bits per heavy atom. The molecule has 0 radical (unpaired) electrons. The first-order valence-electron chi connectivity index (χ1n) is 10.5. The molecule has 1 saturated heterocycles. The second-order valence-electron chi connectivity index (χ2n) is 8.23. The normalized spacial score (nSPS) is 17.5. The summed E-state index contributed by atoms with van der Waals surface area (Å²) in [6.45, 7) is 1.77. The van der Waals surface area contributed by atoms with Crippen LogP contribution in [0.25, 0.3) is 5.76 Å². The van der Waals surface area contributed by atoms with Crippen molar-refractivity contribution in [1.29, 1.82) is 0 Å². The molecule has 3 aromatic rings. The quantitative estimate of drug-likeness (QED) is 0.362. The van der Waals surface area contributed by atoms with Crippen LogP contribution in [0, 0.1) is 12.7 Å². The minimum atomic E-state index is -0.821. The van der Waals surface area contributed by atoms with E-state index in [4.69, 9.17) is 0 Å². The number of aromatic nitrogens is 1. The van der Waals surface area contributed by atoms with Gasteiger partial charge in [-0.25, -0.2) is 4.39 Å². The lowest BCUT2D eigenvalue weighted by atomic mass is 9.94. The Morgan fingerprint density at radius 1 is 1.06 bits per heavy atom. The molecule has 1 aliphatic rings. The van der Waals surface area contributed by atoms with Gasteiger partial charge in [0.1, 0.15) is 11.6 Å². The fraction of sp³-hybridized carbons (Fsp3) is 0.192. The molecule has 0 saturated carbocycles. The molecule has 0 aliphatic carbocycles. The van der Waals surface area contributed by atoms with Crippen LogP contribution in [0.1, 0.15) is 28.3 Å². The number of hydrogen-bond donors (Lipinski definition) is 1. The van der Waals surface area contributed by atoms with Crippen molar-refractivity contribution < 1.29 is 19.1 Å². The summed E-state index contributed by atoms with van der Waals surface area (Å²) >= 11 is 0. The zero-order valence-electron chi connectivity index (χ0n) is 18.6. The maximum atomic E-state index is 14.2. The summed E-state index contributed by atoms with van der Waals surface area (Å²) in [6, 6.07) is 14.4. The number of hydrogen-bond acceptors (Lipinski definition) is 5. The summed E-state index contributed by atoms with van der Waals surface area (Å²) in [5.74, 6) is -2.42. The second-order valence-corrected chi connectivity index (χ2v) is 8.23. The van der Waals surface area contributed by atoms with Crippen LogP contribution in [0.4, 0.5) is 10.1 Å². The number of aliphatic hydroxyl groups is 1.